The highest BCUT2D eigenvalue weighted by atomic mass is 16.5. The molecule has 1 unspecified atom stereocenters. The first-order valence-electron chi connectivity index (χ1n) is 11.6. The molecule has 8 nitrogen and oxygen atoms in total. The van der Waals surface area contributed by atoms with Crippen LogP contribution in [0.4, 0.5) is 5.82 Å². The number of fused-ring (bicyclic) bond motifs is 1. The monoisotopic (exact) mass is 450 g/mol. The number of rotatable bonds is 5. The molecule has 2 saturated heterocycles. The number of methoxy groups -OCH3 is 1. The third-order valence-corrected chi connectivity index (χ3v) is 6.53. The topological polar surface area (TPSA) is 89.8 Å². The molecule has 2 fully saturated rings. The van der Waals surface area contributed by atoms with Crippen LogP contribution >= 0.6 is 0 Å². The molecule has 2 aromatic heterocycles. The van der Waals surface area contributed by atoms with Gasteiger partial charge >= 0.3 is 0 Å². The molecule has 0 bridgehead atoms. The molecule has 1 N–H and O–H groups in total. The number of hydrogen-bond acceptors (Lipinski definition) is 8. The Bertz CT molecular complexity index is 1130. The highest BCUT2D eigenvalue weighted by molar-refractivity contribution is 5.89. The third kappa shape index (κ3) is 4.38. The number of hydrogen-bond donors (Lipinski definition) is 1. The molecular formula is C25H30N4O4. The van der Waals surface area contributed by atoms with Crippen molar-refractivity contribution in [3.05, 3.63) is 41.7 Å². The van der Waals surface area contributed by atoms with E-state index in [0.29, 0.717) is 24.6 Å². The Morgan fingerprint density at radius 2 is 1.91 bits per heavy atom. The highest BCUT2D eigenvalue weighted by Gasteiger charge is 2.26. The first-order chi connectivity index (χ1) is 16.2. The summed E-state index contributed by atoms with van der Waals surface area (Å²) in [5.74, 6) is 2.71. The number of aliphatic hydroxyl groups is 1. The number of aromatic nitrogens is 3. The maximum atomic E-state index is 9.73. The van der Waals surface area contributed by atoms with Crippen LogP contribution < -0.4 is 9.64 Å². The van der Waals surface area contributed by atoms with E-state index in [9.17, 15) is 5.11 Å². The van der Waals surface area contributed by atoms with Crippen LogP contribution in [0.15, 0.2) is 30.3 Å². The summed E-state index contributed by atoms with van der Waals surface area (Å²) in [6.45, 7) is 5.69. The fourth-order valence-corrected chi connectivity index (χ4v) is 4.63. The highest BCUT2D eigenvalue weighted by Crippen LogP contribution is 2.33. The van der Waals surface area contributed by atoms with E-state index in [4.69, 9.17) is 29.2 Å². The molecule has 2 aliphatic heterocycles. The van der Waals surface area contributed by atoms with Gasteiger partial charge in [-0.2, -0.15) is 0 Å². The summed E-state index contributed by atoms with van der Waals surface area (Å²) in [5, 5.41) is 10.7. The van der Waals surface area contributed by atoms with Crippen LogP contribution in [-0.2, 0) is 16.1 Å². The summed E-state index contributed by atoms with van der Waals surface area (Å²) in [6, 6.07) is 10.0. The zero-order valence-electron chi connectivity index (χ0n) is 19.2. The lowest BCUT2D eigenvalue weighted by Gasteiger charge is -2.35. The van der Waals surface area contributed by atoms with Crippen LogP contribution in [-0.4, -0.2) is 66.2 Å². The normalized spacial score (nSPS) is 19.7. The number of nitrogens with zero attached hydrogens (tertiary/aromatic N) is 4. The summed E-state index contributed by atoms with van der Waals surface area (Å²) in [7, 11) is 1.60. The van der Waals surface area contributed by atoms with Crippen molar-refractivity contribution in [1.82, 2.24) is 15.0 Å². The van der Waals surface area contributed by atoms with Crippen LogP contribution in [0.5, 0.6) is 5.75 Å². The summed E-state index contributed by atoms with van der Waals surface area (Å²) in [5.41, 5.74) is 3.14. The second-order valence-electron chi connectivity index (χ2n) is 8.66. The van der Waals surface area contributed by atoms with Gasteiger partial charge in [-0.05, 0) is 50.1 Å². The summed E-state index contributed by atoms with van der Waals surface area (Å²) >= 11 is 0. The van der Waals surface area contributed by atoms with Crippen LogP contribution in [0.1, 0.15) is 37.1 Å². The quantitative estimate of drug-likeness (QED) is 0.633. The molecular weight excluding hydrogens is 420 g/mol. The molecule has 0 spiro atoms. The largest absolute Gasteiger partial charge is 0.496 e. The van der Waals surface area contributed by atoms with E-state index in [2.05, 4.69) is 17.9 Å². The van der Waals surface area contributed by atoms with E-state index in [1.165, 1.54) is 0 Å². The van der Waals surface area contributed by atoms with Gasteiger partial charge < -0.3 is 24.2 Å². The van der Waals surface area contributed by atoms with E-state index in [1.807, 2.05) is 24.3 Å². The predicted molar refractivity (Wildman–Crippen MR) is 126 cm³/mol. The number of pyridine rings is 1. The van der Waals surface area contributed by atoms with Gasteiger partial charge in [0.05, 0.1) is 44.1 Å². The van der Waals surface area contributed by atoms with Gasteiger partial charge in [0.25, 0.3) is 0 Å². The lowest BCUT2D eigenvalue weighted by molar-refractivity contribution is 0.0835. The zero-order valence-corrected chi connectivity index (χ0v) is 19.2. The Morgan fingerprint density at radius 1 is 1.06 bits per heavy atom. The molecule has 3 aromatic rings. The Hall–Kier alpha value is -2.81. The van der Waals surface area contributed by atoms with Crippen molar-refractivity contribution in [3.8, 4) is 17.0 Å². The van der Waals surface area contributed by atoms with E-state index in [-0.39, 0.29) is 18.6 Å². The van der Waals surface area contributed by atoms with Crippen LogP contribution in [0, 0.1) is 0 Å². The van der Waals surface area contributed by atoms with Gasteiger partial charge in [0.2, 0.25) is 0 Å². The van der Waals surface area contributed by atoms with Gasteiger partial charge in [-0.3, -0.25) is 0 Å². The summed E-state index contributed by atoms with van der Waals surface area (Å²) < 4.78 is 16.6. The summed E-state index contributed by atoms with van der Waals surface area (Å²) in [4.78, 5) is 17.3. The van der Waals surface area contributed by atoms with Gasteiger partial charge in [0.1, 0.15) is 17.4 Å². The fourth-order valence-electron chi connectivity index (χ4n) is 4.63. The molecule has 33 heavy (non-hydrogen) atoms. The molecule has 0 saturated carbocycles. The maximum absolute atomic E-state index is 9.73. The maximum Gasteiger partial charge on any atom is 0.165 e. The van der Waals surface area contributed by atoms with Crippen molar-refractivity contribution in [2.24, 2.45) is 0 Å². The van der Waals surface area contributed by atoms with Gasteiger partial charge in [-0.15, -0.1) is 0 Å². The van der Waals surface area contributed by atoms with Crippen molar-refractivity contribution < 1.29 is 19.3 Å². The first kappa shape index (κ1) is 22.0. The Labute approximate surface area is 193 Å². The minimum atomic E-state index is -0.0975. The average molecular weight is 451 g/mol. The first-order valence-corrected chi connectivity index (χ1v) is 11.6. The predicted octanol–water partition coefficient (Wildman–Crippen LogP) is 3.31. The van der Waals surface area contributed by atoms with Gasteiger partial charge in [0.15, 0.2) is 5.65 Å². The Balaban J connectivity index is 1.62. The molecule has 5 rings (SSSR count). The Morgan fingerprint density at radius 3 is 2.67 bits per heavy atom. The standard InChI is InChI=1S/C25H30N4O4/c1-16-15-33-12-9-29(16)25-20-4-5-21(18-3-6-22(31-2)19(13-18)14-30)26-24(20)27-23(28-25)17-7-10-32-11-8-17/h3-6,13,16-17,30H,7-12,14-15H2,1-2H3. The van der Waals surface area contributed by atoms with Crippen molar-refractivity contribution >= 4 is 16.9 Å². The average Bonchev–Trinajstić information content (AvgIpc) is 2.88. The molecule has 1 aromatic carbocycles. The van der Waals surface area contributed by atoms with E-state index in [0.717, 1.165) is 66.4 Å². The number of anilines is 1. The molecule has 0 amide bonds. The smallest absolute Gasteiger partial charge is 0.165 e. The van der Waals surface area contributed by atoms with E-state index in [1.54, 1.807) is 7.11 Å². The Kier molecular flexibility index (Phi) is 6.39. The second kappa shape index (κ2) is 9.59. The molecule has 1 atom stereocenters. The molecule has 0 radical (unpaired) electrons. The summed E-state index contributed by atoms with van der Waals surface area (Å²) in [6.07, 6.45) is 1.84. The second-order valence-corrected chi connectivity index (χ2v) is 8.66. The van der Waals surface area contributed by atoms with Crippen LogP contribution in [0.25, 0.3) is 22.3 Å². The third-order valence-electron chi connectivity index (χ3n) is 6.53. The van der Waals surface area contributed by atoms with Crippen LogP contribution in [0.3, 0.4) is 0 Å². The van der Waals surface area contributed by atoms with Crippen LogP contribution in [0.2, 0.25) is 0 Å². The minimum Gasteiger partial charge on any atom is -0.496 e. The van der Waals surface area contributed by atoms with Crippen molar-refractivity contribution in [2.45, 2.75) is 38.3 Å². The fraction of sp³-hybridized carbons (Fsp3) is 0.480. The number of aliphatic hydroxyl groups excluding tert-OH is 1. The minimum absolute atomic E-state index is 0.0975. The van der Waals surface area contributed by atoms with Crippen molar-refractivity contribution in [2.75, 3.05) is 45.0 Å². The van der Waals surface area contributed by atoms with Gasteiger partial charge in [-0.25, -0.2) is 15.0 Å². The number of ether oxygens (including phenoxy) is 3. The molecule has 0 aliphatic carbocycles. The molecule has 174 valence electrons. The molecule has 4 heterocycles. The SMILES string of the molecule is COc1ccc(-c2ccc3c(N4CCOCC4C)nc(C4CCOCC4)nc3n2)cc1CO. The molecule has 2 aliphatic rings. The van der Waals surface area contributed by atoms with E-state index < -0.39 is 0 Å². The van der Waals surface area contributed by atoms with Crippen molar-refractivity contribution in [1.29, 1.82) is 0 Å². The number of benzene rings is 1. The van der Waals surface area contributed by atoms with Gasteiger partial charge in [-0.1, -0.05) is 0 Å². The molecule has 8 heteroatoms. The lowest BCUT2D eigenvalue weighted by atomic mass is 9.99. The van der Waals surface area contributed by atoms with Crippen molar-refractivity contribution in [3.63, 3.8) is 0 Å². The lowest BCUT2D eigenvalue weighted by Crippen LogP contribution is -2.44. The van der Waals surface area contributed by atoms with E-state index >= 15 is 0 Å². The van der Waals surface area contributed by atoms with Gasteiger partial charge in [0, 0.05) is 36.8 Å². The zero-order chi connectivity index (χ0) is 22.8. The number of morpholine rings is 1.